The van der Waals surface area contributed by atoms with Crippen LogP contribution < -0.4 is 0 Å². The van der Waals surface area contributed by atoms with Crippen molar-refractivity contribution in [2.45, 2.75) is 76.4 Å². The lowest BCUT2D eigenvalue weighted by atomic mass is 9.69. The van der Waals surface area contributed by atoms with Crippen molar-refractivity contribution in [1.29, 1.82) is 0 Å². The molecule has 0 N–H and O–H groups in total. The summed E-state index contributed by atoms with van der Waals surface area (Å²) < 4.78 is 5.97. The fourth-order valence-corrected chi connectivity index (χ4v) is 3.82. The molecule has 20 heavy (non-hydrogen) atoms. The largest absolute Gasteiger partial charge is 0.359 e. The highest BCUT2D eigenvalue weighted by Crippen LogP contribution is 2.45. The zero-order valence-electron chi connectivity index (χ0n) is 13.0. The Morgan fingerprint density at radius 1 is 1.10 bits per heavy atom. The van der Waals surface area contributed by atoms with Crippen molar-refractivity contribution >= 4 is 11.6 Å². The van der Waals surface area contributed by atoms with Crippen LogP contribution in [0.2, 0.25) is 0 Å². The molecule has 0 heterocycles. The molecule has 1 aliphatic rings. The molecule has 2 rings (SSSR count). The Balaban J connectivity index is 2.29. The third-order valence-electron chi connectivity index (χ3n) is 4.51. The summed E-state index contributed by atoms with van der Waals surface area (Å²) in [5, 5.41) is 0. The number of benzene rings is 1. The van der Waals surface area contributed by atoms with E-state index in [1.165, 1.54) is 30.4 Å². The highest BCUT2D eigenvalue weighted by Gasteiger charge is 2.41. The summed E-state index contributed by atoms with van der Waals surface area (Å²) in [6.07, 6.45) is 7.35. The van der Waals surface area contributed by atoms with Gasteiger partial charge in [0.05, 0.1) is 6.10 Å². The van der Waals surface area contributed by atoms with Gasteiger partial charge in [-0.15, -0.1) is 0 Å². The van der Waals surface area contributed by atoms with Crippen molar-refractivity contribution in [3.05, 3.63) is 35.4 Å². The Morgan fingerprint density at radius 2 is 1.70 bits per heavy atom. The van der Waals surface area contributed by atoms with E-state index in [1.807, 2.05) is 0 Å². The minimum atomic E-state index is -0.227. The molecule has 1 atom stereocenters. The van der Waals surface area contributed by atoms with E-state index < -0.39 is 0 Å². The molecule has 0 spiro atoms. The minimum Gasteiger partial charge on any atom is -0.359 e. The molecule has 1 fully saturated rings. The predicted octanol–water partition coefficient (Wildman–Crippen LogP) is 5.44. The molecule has 0 aromatic heterocycles. The van der Waals surface area contributed by atoms with E-state index in [0.717, 1.165) is 19.3 Å². The van der Waals surface area contributed by atoms with Crippen LogP contribution in [0.3, 0.4) is 0 Å². The van der Waals surface area contributed by atoms with Gasteiger partial charge >= 0.3 is 0 Å². The molecule has 1 nitrogen and oxygen atoms in total. The van der Waals surface area contributed by atoms with Gasteiger partial charge < -0.3 is 4.74 Å². The van der Waals surface area contributed by atoms with Gasteiger partial charge in [-0.2, -0.15) is 0 Å². The summed E-state index contributed by atoms with van der Waals surface area (Å²) in [4.78, 5) is 0. The molecule has 0 aliphatic heterocycles. The Labute approximate surface area is 128 Å². The van der Waals surface area contributed by atoms with Crippen molar-refractivity contribution < 1.29 is 4.74 Å². The number of alkyl halides is 1. The standard InChI is InChI=1S/C18H27ClO/c1-4-15-8-10-16(11-9-15)18(12-6-5-7-13-18)17(19)20-14(2)3/h8-11,14,17H,4-7,12-13H2,1-3H3. The van der Waals surface area contributed by atoms with Gasteiger partial charge in [-0.25, -0.2) is 0 Å². The van der Waals surface area contributed by atoms with E-state index in [0.29, 0.717) is 0 Å². The van der Waals surface area contributed by atoms with Gasteiger partial charge in [-0.3, -0.25) is 0 Å². The summed E-state index contributed by atoms with van der Waals surface area (Å²) in [6, 6.07) is 9.02. The van der Waals surface area contributed by atoms with Crippen LogP contribution in [0.15, 0.2) is 24.3 Å². The third-order valence-corrected chi connectivity index (χ3v) is 5.03. The van der Waals surface area contributed by atoms with Crippen molar-refractivity contribution in [1.82, 2.24) is 0 Å². The van der Waals surface area contributed by atoms with E-state index in [2.05, 4.69) is 45.0 Å². The lowest BCUT2D eigenvalue weighted by molar-refractivity contribution is -0.00363. The van der Waals surface area contributed by atoms with Crippen LogP contribution in [-0.2, 0) is 16.6 Å². The molecule has 0 saturated heterocycles. The second-order valence-corrected chi connectivity index (χ2v) is 6.66. The number of hydrogen-bond acceptors (Lipinski definition) is 1. The van der Waals surface area contributed by atoms with Gasteiger partial charge in [0.25, 0.3) is 0 Å². The molecule has 1 aromatic carbocycles. The third kappa shape index (κ3) is 3.38. The highest BCUT2D eigenvalue weighted by atomic mass is 35.5. The molecule has 1 unspecified atom stereocenters. The number of ether oxygens (including phenoxy) is 1. The first kappa shape index (κ1) is 15.9. The van der Waals surface area contributed by atoms with Crippen molar-refractivity contribution in [2.24, 2.45) is 0 Å². The van der Waals surface area contributed by atoms with E-state index >= 15 is 0 Å². The quantitative estimate of drug-likeness (QED) is 0.657. The molecule has 112 valence electrons. The number of aryl methyl sites for hydroxylation is 1. The van der Waals surface area contributed by atoms with Crippen LogP contribution in [-0.4, -0.2) is 11.7 Å². The number of hydrogen-bond donors (Lipinski definition) is 0. The van der Waals surface area contributed by atoms with Gasteiger partial charge in [-0.1, -0.05) is 62.1 Å². The van der Waals surface area contributed by atoms with Crippen molar-refractivity contribution in [2.75, 3.05) is 0 Å². The normalized spacial score (nSPS) is 20.1. The van der Waals surface area contributed by atoms with E-state index in [1.54, 1.807) is 0 Å². The zero-order valence-corrected chi connectivity index (χ0v) is 13.7. The average Bonchev–Trinajstić information content (AvgIpc) is 2.47. The Morgan fingerprint density at radius 3 is 2.20 bits per heavy atom. The van der Waals surface area contributed by atoms with E-state index in [4.69, 9.17) is 16.3 Å². The molecule has 2 heteroatoms. The summed E-state index contributed by atoms with van der Waals surface area (Å²) in [5.41, 5.74) is 2.51. The van der Waals surface area contributed by atoms with Crippen LogP contribution in [0.5, 0.6) is 0 Å². The van der Waals surface area contributed by atoms with Gasteiger partial charge in [0, 0.05) is 5.41 Å². The summed E-state index contributed by atoms with van der Waals surface area (Å²) >= 11 is 6.70. The Kier molecular flexibility index (Phi) is 5.51. The maximum absolute atomic E-state index is 6.70. The zero-order chi connectivity index (χ0) is 14.6. The van der Waals surface area contributed by atoms with Gasteiger partial charge in [0.15, 0.2) is 0 Å². The van der Waals surface area contributed by atoms with Crippen LogP contribution in [0.25, 0.3) is 0 Å². The fourth-order valence-electron chi connectivity index (χ4n) is 3.27. The lowest BCUT2D eigenvalue weighted by Crippen LogP contribution is -2.41. The first-order valence-corrected chi connectivity index (χ1v) is 8.41. The summed E-state index contributed by atoms with van der Waals surface area (Å²) in [5.74, 6) is 0. The highest BCUT2D eigenvalue weighted by molar-refractivity contribution is 6.20. The Bertz CT molecular complexity index is 404. The van der Waals surface area contributed by atoms with Crippen LogP contribution in [0.4, 0.5) is 0 Å². The van der Waals surface area contributed by atoms with Crippen molar-refractivity contribution in [3.8, 4) is 0 Å². The summed E-state index contributed by atoms with van der Waals surface area (Å²) in [7, 11) is 0. The maximum atomic E-state index is 6.70. The number of halogens is 1. The number of rotatable bonds is 5. The summed E-state index contributed by atoms with van der Waals surface area (Å²) in [6.45, 7) is 6.32. The Hall–Kier alpha value is -0.530. The molecular formula is C18H27ClO. The maximum Gasteiger partial charge on any atom is 0.141 e. The second-order valence-electron chi connectivity index (χ2n) is 6.27. The molecule has 0 bridgehead atoms. The predicted molar refractivity (Wildman–Crippen MR) is 86.4 cm³/mol. The molecule has 0 radical (unpaired) electrons. The molecular weight excluding hydrogens is 268 g/mol. The van der Waals surface area contributed by atoms with Gasteiger partial charge in [0.1, 0.15) is 5.56 Å². The fraction of sp³-hybridized carbons (Fsp3) is 0.667. The molecule has 1 aliphatic carbocycles. The second kappa shape index (κ2) is 6.95. The van der Waals surface area contributed by atoms with E-state index in [-0.39, 0.29) is 17.1 Å². The lowest BCUT2D eigenvalue weighted by Gasteiger charge is -2.41. The van der Waals surface area contributed by atoms with Crippen molar-refractivity contribution in [3.63, 3.8) is 0 Å². The van der Waals surface area contributed by atoms with Gasteiger partial charge in [-0.05, 0) is 44.2 Å². The molecule has 0 amide bonds. The minimum absolute atomic E-state index is 0.00362. The average molecular weight is 295 g/mol. The van der Waals surface area contributed by atoms with E-state index in [9.17, 15) is 0 Å². The van der Waals surface area contributed by atoms with Gasteiger partial charge in [0.2, 0.25) is 0 Å². The van der Waals surface area contributed by atoms with Crippen LogP contribution in [0.1, 0.15) is 64.0 Å². The van der Waals surface area contributed by atoms with Crippen LogP contribution in [0, 0.1) is 0 Å². The topological polar surface area (TPSA) is 9.23 Å². The van der Waals surface area contributed by atoms with Crippen LogP contribution >= 0.6 is 11.6 Å². The molecule has 1 saturated carbocycles. The smallest absolute Gasteiger partial charge is 0.141 e. The SMILES string of the molecule is CCc1ccc(C2(C(Cl)OC(C)C)CCCCC2)cc1. The molecule has 1 aromatic rings. The monoisotopic (exact) mass is 294 g/mol. The first-order chi connectivity index (χ1) is 9.58. The first-order valence-electron chi connectivity index (χ1n) is 7.97.